The number of esters is 1. The molecule has 0 aliphatic carbocycles. The molecule has 0 fully saturated rings. The first-order valence-corrected chi connectivity index (χ1v) is 7.01. The topological polar surface area (TPSA) is 65.4 Å². The van der Waals surface area contributed by atoms with E-state index in [4.69, 9.17) is 10.7 Å². The van der Waals surface area contributed by atoms with Crippen LogP contribution < -0.4 is 0 Å². The van der Waals surface area contributed by atoms with Crippen LogP contribution in [0.25, 0.3) is 0 Å². The lowest BCUT2D eigenvalue weighted by molar-refractivity contribution is 0.0589. The van der Waals surface area contributed by atoms with E-state index in [1.165, 1.54) is 13.2 Å². The summed E-state index contributed by atoms with van der Waals surface area (Å²) in [5, 5.41) is 0. The molecule has 0 spiro atoms. The first kappa shape index (κ1) is 11.5. The third kappa shape index (κ3) is 1.72. The maximum absolute atomic E-state index is 11.4. The Morgan fingerprint density at radius 2 is 2.25 bits per heavy atom. The van der Waals surface area contributed by atoms with Gasteiger partial charge >= 0.3 is 5.97 Å². The van der Waals surface area contributed by atoms with Gasteiger partial charge in [0.05, 0.1) is 7.11 Å². The lowest BCUT2D eigenvalue weighted by Crippen LogP contribution is -2.08. The molecule has 5 nitrogen and oxygen atoms in total. The summed E-state index contributed by atoms with van der Waals surface area (Å²) >= 11 is 0. The zero-order chi connectivity index (χ0) is 11.9. The van der Waals surface area contributed by atoms with E-state index in [0.29, 0.717) is 18.7 Å². The van der Waals surface area contributed by atoms with Crippen LogP contribution >= 0.6 is 10.7 Å². The molecule has 0 radical (unpaired) electrons. The number of carbonyl (C=O) groups excluding carboxylic acids is 1. The molecule has 0 saturated heterocycles. The predicted octanol–water partition coefficient (Wildman–Crippen LogP) is 1.15. The van der Waals surface area contributed by atoms with Gasteiger partial charge in [0, 0.05) is 22.9 Å². The van der Waals surface area contributed by atoms with Gasteiger partial charge in [0.2, 0.25) is 0 Å². The average Bonchev–Trinajstić information content (AvgIpc) is 2.74. The van der Waals surface area contributed by atoms with Crippen molar-refractivity contribution in [2.75, 3.05) is 7.11 Å². The minimum atomic E-state index is -3.81. The van der Waals surface area contributed by atoms with Gasteiger partial charge in [0.15, 0.2) is 0 Å². The molecule has 0 saturated carbocycles. The number of ether oxygens (including phenoxy) is 1. The Morgan fingerprint density at radius 3 is 2.81 bits per heavy atom. The second kappa shape index (κ2) is 3.78. The first-order valence-electron chi connectivity index (χ1n) is 4.70. The van der Waals surface area contributed by atoms with Gasteiger partial charge < -0.3 is 9.30 Å². The van der Waals surface area contributed by atoms with Crippen molar-refractivity contribution in [2.24, 2.45) is 0 Å². The largest absolute Gasteiger partial charge is 0.464 e. The van der Waals surface area contributed by atoms with Gasteiger partial charge in [-0.15, -0.1) is 0 Å². The number of methoxy groups -OCH3 is 1. The molecule has 0 atom stereocenters. The van der Waals surface area contributed by atoms with Gasteiger partial charge in [-0.2, -0.15) is 0 Å². The standard InChI is InChI=1S/C9H10ClNO4S/c1-15-9(12)7-5-8(16(10,13)14)6-3-2-4-11(6)7/h5H,2-4H2,1H3. The van der Waals surface area contributed by atoms with Crippen LogP contribution in [0.15, 0.2) is 11.0 Å². The van der Waals surface area contributed by atoms with Crippen LogP contribution in [-0.4, -0.2) is 26.1 Å². The molecule has 1 aromatic heterocycles. The molecule has 0 bridgehead atoms. The molecule has 0 N–H and O–H groups in total. The number of hydrogen-bond acceptors (Lipinski definition) is 4. The van der Waals surface area contributed by atoms with E-state index in [1.807, 2.05) is 0 Å². The van der Waals surface area contributed by atoms with Crippen LogP contribution in [-0.2, 0) is 26.8 Å². The molecule has 1 aromatic rings. The summed E-state index contributed by atoms with van der Waals surface area (Å²) in [5.74, 6) is -0.547. The third-order valence-electron chi connectivity index (χ3n) is 2.62. The zero-order valence-electron chi connectivity index (χ0n) is 8.57. The highest BCUT2D eigenvalue weighted by Gasteiger charge is 2.29. The van der Waals surface area contributed by atoms with E-state index in [9.17, 15) is 13.2 Å². The summed E-state index contributed by atoms with van der Waals surface area (Å²) in [4.78, 5) is 11.5. The molecule has 2 heterocycles. The van der Waals surface area contributed by atoms with E-state index in [0.717, 1.165) is 6.42 Å². The van der Waals surface area contributed by atoms with Crippen LogP contribution in [0.4, 0.5) is 0 Å². The van der Waals surface area contributed by atoms with Gasteiger partial charge in [0.25, 0.3) is 9.05 Å². The van der Waals surface area contributed by atoms with Crippen molar-refractivity contribution in [3.05, 3.63) is 17.5 Å². The number of hydrogen-bond donors (Lipinski definition) is 0. The maximum Gasteiger partial charge on any atom is 0.354 e. The highest BCUT2D eigenvalue weighted by molar-refractivity contribution is 8.13. The average molecular weight is 264 g/mol. The second-order valence-corrected chi connectivity index (χ2v) is 6.06. The summed E-state index contributed by atoms with van der Waals surface area (Å²) in [7, 11) is 2.76. The normalized spacial score (nSPS) is 14.9. The van der Waals surface area contributed by atoms with Crippen LogP contribution in [0.5, 0.6) is 0 Å². The Balaban J connectivity index is 2.63. The molecule has 0 aromatic carbocycles. The Bertz CT molecular complexity index is 546. The van der Waals surface area contributed by atoms with E-state index in [1.54, 1.807) is 4.57 Å². The van der Waals surface area contributed by atoms with E-state index in [2.05, 4.69) is 4.74 Å². The summed E-state index contributed by atoms with van der Waals surface area (Å²) in [6.07, 6.45) is 1.41. The van der Waals surface area contributed by atoms with Gasteiger partial charge in [-0.05, 0) is 18.9 Å². The van der Waals surface area contributed by atoms with Crippen LogP contribution in [0.1, 0.15) is 22.6 Å². The Hall–Kier alpha value is -1.01. The quantitative estimate of drug-likeness (QED) is 0.593. The molecule has 1 aliphatic heterocycles. The van der Waals surface area contributed by atoms with Crippen LogP contribution in [0.2, 0.25) is 0 Å². The van der Waals surface area contributed by atoms with Gasteiger partial charge in [-0.25, -0.2) is 13.2 Å². The predicted molar refractivity (Wildman–Crippen MR) is 57.1 cm³/mol. The molecule has 2 rings (SSSR count). The van der Waals surface area contributed by atoms with Crippen molar-refractivity contribution in [3.63, 3.8) is 0 Å². The van der Waals surface area contributed by atoms with Crippen LogP contribution in [0.3, 0.4) is 0 Å². The molecule has 0 unspecified atom stereocenters. The summed E-state index contributed by atoms with van der Waals surface area (Å²) in [5.41, 5.74) is 0.838. The Morgan fingerprint density at radius 1 is 1.56 bits per heavy atom. The van der Waals surface area contributed by atoms with E-state index >= 15 is 0 Å². The highest BCUT2D eigenvalue weighted by atomic mass is 35.7. The lowest BCUT2D eigenvalue weighted by atomic mass is 10.3. The minimum Gasteiger partial charge on any atom is -0.464 e. The molecular formula is C9H10ClNO4S. The highest BCUT2D eigenvalue weighted by Crippen LogP contribution is 2.30. The van der Waals surface area contributed by atoms with Crippen molar-refractivity contribution in [2.45, 2.75) is 24.3 Å². The van der Waals surface area contributed by atoms with Crippen LogP contribution in [0, 0.1) is 0 Å². The molecule has 88 valence electrons. The zero-order valence-corrected chi connectivity index (χ0v) is 10.1. The number of carbonyl (C=O) groups is 1. The number of halogens is 1. The molecule has 7 heteroatoms. The monoisotopic (exact) mass is 263 g/mol. The minimum absolute atomic E-state index is 0.0204. The summed E-state index contributed by atoms with van der Waals surface area (Å²) < 4.78 is 28.9. The Labute approximate surface area is 97.4 Å². The van der Waals surface area contributed by atoms with E-state index < -0.39 is 15.0 Å². The number of aromatic nitrogens is 1. The van der Waals surface area contributed by atoms with Crippen molar-refractivity contribution < 1.29 is 17.9 Å². The van der Waals surface area contributed by atoms with Crippen molar-refractivity contribution >= 4 is 25.7 Å². The lowest BCUT2D eigenvalue weighted by Gasteiger charge is -2.02. The fraction of sp³-hybridized carbons (Fsp3) is 0.444. The number of rotatable bonds is 2. The maximum atomic E-state index is 11.4. The van der Waals surface area contributed by atoms with E-state index in [-0.39, 0.29) is 10.6 Å². The van der Waals surface area contributed by atoms with Crippen molar-refractivity contribution in [1.29, 1.82) is 0 Å². The molecule has 16 heavy (non-hydrogen) atoms. The third-order valence-corrected chi connectivity index (χ3v) is 4.00. The molecule has 0 amide bonds. The molecular weight excluding hydrogens is 254 g/mol. The fourth-order valence-electron chi connectivity index (χ4n) is 1.97. The number of nitrogens with zero attached hydrogens (tertiary/aromatic N) is 1. The Kier molecular flexibility index (Phi) is 2.71. The second-order valence-electron chi connectivity index (χ2n) is 3.53. The van der Waals surface area contributed by atoms with Gasteiger partial charge in [-0.1, -0.05) is 0 Å². The van der Waals surface area contributed by atoms with Crippen molar-refractivity contribution in [1.82, 2.24) is 4.57 Å². The fourth-order valence-corrected chi connectivity index (χ4v) is 3.11. The van der Waals surface area contributed by atoms with Crippen molar-refractivity contribution in [3.8, 4) is 0 Å². The first-order chi connectivity index (χ1) is 7.45. The van der Waals surface area contributed by atoms with Gasteiger partial charge in [-0.3, -0.25) is 0 Å². The SMILES string of the molecule is COC(=O)c1cc(S(=O)(=O)Cl)c2n1CCC2. The summed E-state index contributed by atoms with van der Waals surface area (Å²) in [6, 6.07) is 1.28. The molecule has 1 aliphatic rings. The summed E-state index contributed by atoms with van der Waals surface area (Å²) in [6.45, 7) is 0.617. The number of fused-ring (bicyclic) bond motifs is 1. The smallest absolute Gasteiger partial charge is 0.354 e. The van der Waals surface area contributed by atoms with Gasteiger partial charge in [0.1, 0.15) is 10.6 Å².